The summed E-state index contributed by atoms with van der Waals surface area (Å²) in [5.74, 6) is 0. The zero-order valence-corrected chi connectivity index (χ0v) is 4.57. The molecule has 0 aliphatic heterocycles. The average Bonchev–Trinajstić information content (AvgIpc) is 1.69. The van der Waals surface area contributed by atoms with Crippen molar-refractivity contribution in [3.8, 4) is 6.07 Å². The maximum absolute atomic E-state index is 7.95. The van der Waals surface area contributed by atoms with Crippen molar-refractivity contribution in [1.29, 1.82) is 5.26 Å². The molecule has 0 spiro atoms. The molecule has 37 valence electrons. The van der Waals surface area contributed by atoms with E-state index in [2.05, 4.69) is 6.08 Å². The average molecular weight is 115 g/mol. The van der Waals surface area contributed by atoms with Crippen LogP contribution in [0.1, 0.15) is 12.8 Å². The molecule has 0 N–H and O–H groups in total. The number of rotatable bonds is 2. The monoisotopic (exact) mass is 114 g/mol. The lowest BCUT2D eigenvalue weighted by Crippen LogP contribution is -1.60. The number of halogens is 1. The van der Waals surface area contributed by atoms with Crippen molar-refractivity contribution in [3.63, 3.8) is 0 Å². The first kappa shape index (κ1) is 6.52. The molecule has 0 atom stereocenters. The second-order valence-corrected chi connectivity index (χ2v) is 1.19. The second-order valence-electron chi connectivity index (χ2n) is 0.971. The molecular weight excluding hydrogens is 110 g/mol. The van der Waals surface area contributed by atoms with Crippen LogP contribution < -0.4 is 0 Å². The van der Waals surface area contributed by atoms with Crippen LogP contribution in [-0.4, -0.2) is 0 Å². The van der Waals surface area contributed by atoms with E-state index in [4.69, 9.17) is 16.9 Å². The van der Waals surface area contributed by atoms with Gasteiger partial charge < -0.3 is 0 Å². The van der Waals surface area contributed by atoms with Crippen LogP contribution in [0.4, 0.5) is 0 Å². The van der Waals surface area contributed by atoms with Gasteiger partial charge in [0, 0.05) is 12.0 Å². The highest BCUT2D eigenvalue weighted by Gasteiger charge is 1.73. The van der Waals surface area contributed by atoms with E-state index in [1.54, 1.807) is 0 Å². The first-order chi connectivity index (χ1) is 3.41. The molecule has 0 aromatic heterocycles. The molecule has 0 heterocycles. The van der Waals surface area contributed by atoms with Gasteiger partial charge in [0.2, 0.25) is 0 Å². The maximum Gasteiger partial charge on any atom is 0.0625 e. The fourth-order valence-electron chi connectivity index (χ4n) is 0.183. The third-order valence-corrected chi connectivity index (χ3v) is 0.613. The van der Waals surface area contributed by atoms with Crippen molar-refractivity contribution in [2.75, 3.05) is 0 Å². The molecule has 0 unspecified atom stereocenters. The lowest BCUT2D eigenvalue weighted by atomic mass is 10.3. The Bertz CT molecular complexity index is 90.7. The molecule has 0 rings (SSSR count). The summed E-state index contributed by atoms with van der Waals surface area (Å²) in [5, 5.41) is 7.95. The molecule has 0 fully saturated rings. The number of nitriles is 1. The van der Waals surface area contributed by atoms with Crippen LogP contribution in [0.15, 0.2) is 5.54 Å². The summed E-state index contributed by atoms with van der Waals surface area (Å²) in [6.45, 7) is 0. The Kier molecular flexibility index (Phi) is 5.14. The van der Waals surface area contributed by atoms with Crippen LogP contribution in [0.25, 0.3) is 0 Å². The van der Waals surface area contributed by atoms with Gasteiger partial charge in [-0.2, -0.15) is 5.26 Å². The lowest BCUT2D eigenvalue weighted by Gasteiger charge is -1.72. The van der Waals surface area contributed by atoms with Crippen LogP contribution in [0.5, 0.6) is 0 Å². The van der Waals surface area contributed by atoms with Gasteiger partial charge in [-0.25, -0.2) is 0 Å². The largest absolute Gasteiger partial charge is 0.198 e. The van der Waals surface area contributed by atoms with Crippen molar-refractivity contribution in [2.45, 2.75) is 12.8 Å². The van der Waals surface area contributed by atoms with Crippen molar-refractivity contribution in [2.24, 2.45) is 0 Å². The summed E-state index contributed by atoms with van der Waals surface area (Å²) in [4.78, 5) is 0. The van der Waals surface area contributed by atoms with Crippen molar-refractivity contribution in [1.82, 2.24) is 0 Å². The number of hydrogen-bond donors (Lipinski definition) is 0. The van der Waals surface area contributed by atoms with E-state index in [0.29, 0.717) is 12.8 Å². The Hall–Kier alpha value is -0.480. The van der Waals surface area contributed by atoms with Crippen molar-refractivity contribution >= 4 is 11.6 Å². The van der Waals surface area contributed by atoms with E-state index < -0.39 is 0 Å². The van der Waals surface area contributed by atoms with Gasteiger partial charge in [-0.1, -0.05) is 11.6 Å². The number of unbranched alkanes of at least 4 members (excludes halogenated alkanes) is 1. The molecule has 0 aromatic carbocycles. The zero-order chi connectivity index (χ0) is 5.54. The first-order valence-corrected chi connectivity index (χ1v) is 2.37. The summed E-state index contributed by atoms with van der Waals surface area (Å²) in [6, 6.07) is 1.96. The van der Waals surface area contributed by atoms with Gasteiger partial charge in [0.1, 0.15) is 0 Å². The molecule has 0 saturated carbocycles. The summed E-state index contributed by atoms with van der Waals surface area (Å²) >= 11 is 5.09. The molecule has 0 saturated heterocycles. The topological polar surface area (TPSA) is 23.8 Å². The lowest BCUT2D eigenvalue weighted by molar-refractivity contribution is 1.04. The standard InChI is InChI=1S/C5H5ClN/c6-4-2-1-3-5-7/h4H,1,3H2. The van der Waals surface area contributed by atoms with Gasteiger partial charge in [-0.05, 0) is 12.5 Å². The zero-order valence-electron chi connectivity index (χ0n) is 3.82. The molecule has 7 heavy (non-hydrogen) atoms. The first-order valence-electron chi connectivity index (χ1n) is 1.94. The van der Waals surface area contributed by atoms with Gasteiger partial charge in [-0.15, -0.1) is 0 Å². The Morgan fingerprint density at radius 2 is 2.29 bits per heavy atom. The number of hydrogen-bond acceptors (Lipinski definition) is 1. The molecule has 0 amide bonds. The second kappa shape index (κ2) is 5.52. The number of nitrogens with zero attached hydrogens (tertiary/aromatic N) is 1. The fourth-order valence-corrected chi connectivity index (χ4v) is 0.292. The molecule has 0 bridgehead atoms. The smallest absolute Gasteiger partial charge is 0.0625 e. The van der Waals surface area contributed by atoms with Crippen LogP contribution >= 0.6 is 11.6 Å². The highest BCUT2D eigenvalue weighted by molar-refractivity contribution is 6.25. The third kappa shape index (κ3) is 5.52. The minimum atomic E-state index is 0.503. The van der Waals surface area contributed by atoms with Gasteiger partial charge in [0.15, 0.2) is 0 Å². The Morgan fingerprint density at radius 1 is 1.57 bits per heavy atom. The molecule has 0 aliphatic carbocycles. The quantitative estimate of drug-likeness (QED) is 0.503. The summed E-state index contributed by atoms with van der Waals surface area (Å²) in [7, 11) is 0. The third-order valence-electron chi connectivity index (χ3n) is 0.458. The fraction of sp³-hybridized carbons (Fsp3) is 0.400. The Morgan fingerprint density at radius 3 is 2.71 bits per heavy atom. The summed E-state index contributed by atoms with van der Waals surface area (Å²) in [6.07, 6.45) is 3.81. The van der Waals surface area contributed by atoms with E-state index in [1.807, 2.05) is 6.07 Å². The minimum Gasteiger partial charge on any atom is -0.198 e. The van der Waals surface area contributed by atoms with Gasteiger partial charge >= 0.3 is 0 Å². The summed E-state index contributed by atoms with van der Waals surface area (Å²) < 4.78 is 0. The van der Waals surface area contributed by atoms with E-state index in [9.17, 15) is 0 Å². The minimum absolute atomic E-state index is 0.503. The van der Waals surface area contributed by atoms with E-state index >= 15 is 0 Å². The molecule has 2 heteroatoms. The van der Waals surface area contributed by atoms with E-state index in [-0.39, 0.29) is 0 Å². The highest BCUT2D eigenvalue weighted by atomic mass is 35.5. The Labute approximate surface area is 48.2 Å². The van der Waals surface area contributed by atoms with Crippen molar-refractivity contribution in [3.05, 3.63) is 11.6 Å². The Balaban J connectivity index is 2.87. The molecular formula is C5H5ClN. The number of allylic oxidation sites excluding steroid dienone is 1. The maximum atomic E-state index is 7.95. The summed E-state index contributed by atoms with van der Waals surface area (Å²) in [5.41, 5.74) is 1.30. The van der Waals surface area contributed by atoms with Gasteiger partial charge in [-0.3, -0.25) is 0 Å². The predicted octanol–water partition coefficient (Wildman–Crippen LogP) is 1.85. The molecule has 1 radical (unpaired) electrons. The van der Waals surface area contributed by atoms with E-state index in [0.717, 1.165) is 0 Å². The molecule has 1 nitrogen and oxygen atoms in total. The van der Waals surface area contributed by atoms with E-state index in [1.165, 1.54) is 5.54 Å². The van der Waals surface area contributed by atoms with Crippen LogP contribution in [0, 0.1) is 17.4 Å². The van der Waals surface area contributed by atoms with Gasteiger partial charge in [0.25, 0.3) is 0 Å². The normalized spacial score (nSPS) is 9.14. The van der Waals surface area contributed by atoms with Crippen LogP contribution in [0.3, 0.4) is 0 Å². The molecule has 0 aromatic rings. The van der Waals surface area contributed by atoms with Crippen molar-refractivity contribution < 1.29 is 0 Å². The molecule has 0 aliphatic rings. The predicted molar refractivity (Wildman–Crippen MR) is 28.5 cm³/mol. The van der Waals surface area contributed by atoms with Crippen LogP contribution in [0.2, 0.25) is 0 Å². The van der Waals surface area contributed by atoms with Gasteiger partial charge in [0.05, 0.1) is 6.07 Å². The SMILES string of the molecule is N#CCC/[C]=C\Cl. The van der Waals surface area contributed by atoms with Crippen LogP contribution in [-0.2, 0) is 0 Å². The highest BCUT2D eigenvalue weighted by Crippen LogP contribution is 1.87.